The van der Waals surface area contributed by atoms with Gasteiger partial charge in [-0.05, 0) is 36.2 Å². The van der Waals surface area contributed by atoms with E-state index in [9.17, 15) is 9.59 Å². The molecule has 1 aliphatic heterocycles. The second-order valence-corrected chi connectivity index (χ2v) is 7.38. The van der Waals surface area contributed by atoms with Gasteiger partial charge in [-0.25, -0.2) is 4.98 Å². The van der Waals surface area contributed by atoms with Gasteiger partial charge >= 0.3 is 0 Å². The molecule has 33 heavy (non-hydrogen) atoms. The van der Waals surface area contributed by atoms with Crippen molar-refractivity contribution in [1.82, 2.24) is 9.55 Å². The Labute approximate surface area is 197 Å². The summed E-state index contributed by atoms with van der Waals surface area (Å²) in [5.41, 5.74) is 5.20. The van der Waals surface area contributed by atoms with Crippen LogP contribution in [0.2, 0.25) is 0 Å². The molecule has 3 heterocycles. The molecule has 7 nitrogen and oxygen atoms in total. The molecule has 4 rings (SSSR count). The number of rotatable bonds is 7. The lowest BCUT2D eigenvalue weighted by molar-refractivity contribution is -0.116. The van der Waals surface area contributed by atoms with Crippen molar-refractivity contribution in [3.05, 3.63) is 56.9 Å². The number of methoxy groups -OCH3 is 2. The van der Waals surface area contributed by atoms with Crippen LogP contribution in [0.1, 0.15) is 56.6 Å². The number of aldehydes is 1. The molecule has 1 aliphatic rings. The lowest BCUT2D eigenvalue weighted by Crippen LogP contribution is -2.27. The summed E-state index contributed by atoms with van der Waals surface area (Å²) in [6.07, 6.45) is 0.638. The standard InChI is InChI=1S/C22H23N2O5P.C2H6.CH4/c1-4-13-14-7-12(29-30)5-6-18(14)23-21-16(13)9-24-19(21)8-15(20(10-25)28-3)17(11-27-2)22(24)26;1-2;/h5-8,10,20H,4,9,11,30H2,1-3H3;1-2H3;1H4. The molecule has 0 N–H and O–H groups in total. The Hall–Kier alpha value is -2.60. The van der Waals surface area contributed by atoms with Crippen molar-refractivity contribution in [2.45, 2.75) is 53.9 Å². The summed E-state index contributed by atoms with van der Waals surface area (Å²) >= 11 is 0. The van der Waals surface area contributed by atoms with Gasteiger partial charge in [0.2, 0.25) is 0 Å². The number of fused-ring (bicyclic) bond motifs is 4. The summed E-state index contributed by atoms with van der Waals surface area (Å²) in [6, 6.07) is 7.58. The van der Waals surface area contributed by atoms with Crippen molar-refractivity contribution in [1.29, 1.82) is 0 Å². The van der Waals surface area contributed by atoms with Crippen LogP contribution in [-0.4, -0.2) is 30.1 Å². The summed E-state index contributed by atoms with van der Waals surface area (Å²) in [5, 5.41) is 1.01. The summed E-state index contributed by atoms with van der Waals surface area (Å²) in [4.78, 5) is 29.8. The van der Waals surface area contributed by atoms with Crippen LogP contribution < -0.4 is 10.1 Å². The fraction of sp³-hybridized carbons (Fsp3) is 0.400. The Bertz CT molecular complexity index is 1210. The summed E-state index contributed by atoms with van der Waals surface area (Å²) in [5.74, 6) is 0.732. The van der Waals surface area contributed by atoms with Crippen LogP contribution in [0.3, 0.4) is 0 Å². The first-order chi connectivity index (χ1) is 15.6. The Balaban J connectivity index is 0.00000125. The van der Waals surface area contributed by atoms with Gasteiger partial charge in [-0.15, -0.1) is 0 Å². The van der Waals surface area contributed by atoms with Gasteiger partial charge in [0.05, 0.1) is 39.5 Å². The molecule has 2 unspecified atom stereocenters. The minimum atomic E-state index is -0.842. The summed E-state index contributed by atoms with van der Waals surface area (Å²) < 4.78 is 17.6. The molecule has 0 radical (unpaired) electrons. The lowest BCUT2D eigenvalue weighted by atomic mass is 9.98. The Morgan fingerprint density at radius 2 is 1.94 bits per heavy atom. The van der Waals surface area contributed by atoms with Gasteiger partial charge in [0.15, 0.2) is 6.29 Å². The molecule has 2 atom stereocenters. The minimum absolute atomic E-state index is 0. The van der Waals surface area contributed by atoms with Crippen molar-refractivity contribution in [3.63, 3.8) is 0 Å². The number of aryl methyl sites for hydroxylation is 1. The third kappa shape index (κ3) is 4.58. The van der Waals surface area contributed by atoms with E-state index in [4.69, 9.17) is 19.0 Å². The van der Waals surface area contributed by atoms with E-state index in [1.165, 1.54) is 14.2 Å². The average Bonchev–Trinajstić information content (AvgIpc) is 3.20. The molecule has 0 spiro atoms. The van der Waals surface area contributed by atoms with Gasteiger partial charge in [-0.3, -0.25) is 4.79 Å². The van der Waals surface area contributed by atoms with E-state index in [0.29, 0.717) is 29.7 Å². The largest absolute Gasteiger partial charge is 0.480 e. The van der Waals surface area contributed by atoms with Crippen molar-refractivity contribution in [2.75, 3.05) is 14.2 Å². The molecule has 0 aliphatic carbocycles. The zero-order valence-corrected chi connectivity index (χ0v) is 20.3. The normalized spacial score (nSPS) is 12.2. The molecule has 8 heteroatoms. The quantitative estimate of drug-likeness (QED) is 0.283. The maximum atomic E-state index is 13.3. The SMILES string of the molecule is C.CC.CCc1c2c(nc3ccc(OP)cc13)-c1cc(C(C=O)OC)c(COC)c(=O)n1C2. The van der Waals surface area contributed by atoms with Crippen LogP contribution in [0.25, 0.3) is 22.3 Å². The Kier molecular flexibility index (Phi) is 9.29. The first-order valence-corrected chi connectivity index (χ1v) is 11.1. The molecule has 2 aromatic heterocycles. The predicted octanol–water partition coefficient (Wildman–Crippen LogP) is 4.85. The average molecular weight is 473 g/mol. The molecular formula is C25H33N2O5P. The van der Waals surface area contributed by atoms with E-state index >= 15 is 0 Å². The molecule has 0 fully saturated rings. The molecule has 0 saturated heterocycles. The molecule has 1 aromatic carbocycles. The number of hydrogen-bond acceptors (Lipinski definition) is 6. The fourth-order valence-corrected chi connectivity index (χ4v) is 4.37. The van der Waals surface area contributed by atoms with Crippen molar-refractivity contribution >= 4 is 26.7 Å². The maximum absolute atomic E-state index is 13.3. The van der Waals surface area contributed by atoms with Crippen molar-refractivity contribution in [2.24, 2.45) is 0 Å². The van der Waals surface area contributed by atoms with Crippen LogP contribution in [-0.2, 0) is 33.8 Å². The van der Waals surface area contributed by atoms with Gasteiger partial charge in [0.25, 0.3) is 5.56 Å². The van der Waals surface area contributed by atoms with Crippen molar-refractivity contribution < 1.29 is 18.8 Å². The summed E-state index contributed by atoms with van der Waals surface area (Å²) in [7, 11) is 5.22. The van der Waals surface area contributed by atoms with Gasteiger partial charge in [0, 0.05) is 36.3 Å². The van der Waals surface area contributed by atoms with Crippen LogP contribution in [0.5, 0.6) is 5.75 Å². The van der Waals surface area contributed by atoms with Crippen LogP contribution in [0, 0.1) is 0 Å². The summed E-state index contributed by atoms with van der Waals surface area (Å²) in [6.45, 7) is 6.62. The van der Waals surface area contributed by atoms with E-state index in [1.54, 1.807) is 4.57 Å². The molecule has 0 bridgehead atoms. The van der Waals surface area contributed by atoms with Crippen LogP contribution >= 0.6 is 9.47 Å². The van der Waals surface area contributed by atoms with Gasteiger partial charge in [0.1, 0.15) is 11.9 Å². The number of carbonyl (C=O) groups excluding carboxylic acids is 1. The first kappa shape index (κ1) is 26.7. The third-order valence-electron chi connectivity index (χ3n) is 5.63. The van der Waals surface area contributed by atoms with Gasteiger partial charge in [-0.2, -0.15) is 0 Å². The highest BCUT2D eigenvalue weighted by Gasteiger charge is 2.29. The fourth-order valence-electron chi connectivity index (χ4n) is 4.23. The smallest absolute Gasteiger partial charge is 0.257 e. The Morgan fingerprint density at radius 1 is 1.21 bits per heavy atom. The van der Waals surface area contributed by atoms with Crippen LogP contribution in [0.15, 0.2) is 29.1 Å². The highest BCUT2D eigenvalue weighted by molar-refractivity contribution is 7.10. The molecule has 0 amide bonds. The van der Waals surface area contributed by atoms with E-state index in [1.807, 2.05) is 38.1 Å². The van der Waals surface area contributed by atoms with Gasteiger partial charge in [-0.1, -0.05) is 28.2 Å². The number of hydrogen-bond donors (Lipinski definition) is 0. The van der Waals surface area contributed by atoms with E-state index in [-0.39, 0.29) is 19.6 Å². The number of nitrogens with zero attached hydrogens (tertiary/aromatic N) is 2. The number of pyridine rings is 2. The number of benzene rings is 1. The predicted molar refractivity (Wildman–Crippen MR) is 135 cm³/mol. The Morgan fingerprint density at radius 3 is 2.52 bits per heavy atom. The van der Waals surface area contributed by atoms with E-state index in [0.717, 1.165) is 39.9 Å². The van der Waals surface area contributed by atoms with Gasteiger partial charge < -0.3 is 23.4 Å². The van der Waals surface area contributed by atoms with Crippen LogP contribution in [0.4, 0.5) is 0 Å². The van der Waals surface area contributed by atoms with E-state index in [2.05, 4.69) is 16.4 Å². The first-order valence-electron chi connectivity index (χ1n) is 10.6. The minimum Gasteiger partial charge on any atom is -0.480 e. The molecule has 178 valence electrons. The molecular weight excluding hydrogens is 439 g/mol. The molecule has 3 aromatic rings. The topological polar surface area (TPSA) is 79.7 Å². The highest BCUT2D eigenvalue weighted by atomic mass is 31.0. The second kappa shape index (κ2) is 11.5. The lowest BCUT2D eigenvalue weighted by Gasteiger charge is -2.16. The zero-order chi connectivity index (χ0) is 23.4. The van der Waals surface area contributed by atoms with Crippen molar-refractivity contribution in [3.8, 4) is 17.1 Å². The number of carbonyl (C=O) groups is 1. The number of ether oxygens (including phenoxy) is 2. The second-order valence-electron chi connectivity index (χ2n) is 7.15. The molecule has 0 saturated carbocycles. The monoisotopic (exact) mass is 472 g/mol. The zero-order valence-electron chi connectivity index (χ0n) is 19.1. The number of aromatic nitrogens is 2. The van der Waals surface area contributed by atoms with E-state index < -0.39 is 6.10 Å². The maximum Gasteiger partial charge on any atom is 0.257 e. The highest BCUT2D eigenvalue weighted by Crippen LogP contribution is 2.38. The third-order valence-corrected chi connectivity index (χ3v) is 5.90.